The third-order valence-electron chi connectivity index (χ3n) is 3.13. The van der Waals surface area contributed by atoms with Crippen molar-refractivity contribution in [3.05, 3.63) is 52.2 Å². The Balaban J connectivity index is 2.48. The zero-order chi connectivity index (χ0) is 14.3. The van der Waals surface area contributed by atoms with Gasteiger partial charge in [-0.1, -0.05) is 6.07 Å². The number of aromatic carboxylic acids is 1. The first-order chi connectivity index (χ1) is 9.61. The molecule has 0 atom stereocenters. The minimum absolute atomic E-state index is 0.0647. The van der Waals surface area contributed by atoms with Crippen LogP contribution in [-0.2, 0) is 0 Å². The minimum Gasteiger partial charge on any atom is -0.493 e. The Hall–Kier alpha value is -2.82. The average molecular weight is 270 g/mol. The summed E-state index contributed by atoms with van der Waals surface area (Å²) in [5, 5.41) is 9.73. The van der Waals surface area contributed by atoms with Crippen LogP contribution in [0.5, 0.6) is 5.75 Å². The Bertz CT molecular complexity index is 892. The maximum Gasteiger partial charge on any atom is 0.335 e. The second-order valence-electron chi connectivity index (χ2n) is 4.28. The predicted molar refractivity (Wildman–Crippen MR) is 73.5 cm³/mol. The molecule has 5 nitrogen and oxygen atoms in total. The molecule has 0 aliphatic heterocycles. The lowest BCUT2D eigenvalue weighted by Crippen LogP contribution is -2.04. The zero-order valence-electron chi connectivity index (χ0n) is 10.5. The number of fused-ring (bicyclic) bond motifs is 2. The first kappa shape index (κ1) is 12.2. The van der Waals surface area contributed by atoms with Crippen molar-refractivity contribution in [3.8, 4) is 5.75 Å². The average Bonchev–Trinajstić information content (AvgIpc) is 2.46. The Morgan fingerprint density at radius 1 is 1.20 bits per heavy atom. The Morgan fingerprint density at radius 3 is 2.70 bits per heavy atom. The fraction of sp³-hybridized carbons (Fsp3) is 0.0667. The van der Waals surface area contributed by atoms with Crippen LogP contribution in [0.25, 0.3) is 21.9 Å². The van der Waals surface area contributed by atoms with Crippen LogP contribution in [0.15, 0.2) is 45.6 Å². The van der Waals surface area contributed by atoms with Crippen molar-refractivity contribution in [3.63, 3.8) is 0 Å². The molecular weight excluding hydrogens is 260 g/mol. The first-order valence-corrected chi connectivity index (χ1v) is 5.88. The van der Waals surface area contributed by atoms with Gasteiger partial charge in [-0.05, 0) is 30.3 Å². The van der Waals surface area contributed by atoms with Crippen molar-refractivity contribution in [2.24, 2.45) is 0 Å². The van der Waals surface area contributed by atoms with Gasteiger partial charge in [0.2, 0.25) is 5.43 Å². The Kier molecular flexibility index (Phi) is 2.68. The number of para-hydroxylation sites is 1. The number of ether oxygens (including phenoxy) is 1. The van der Waals surface area contributed by atoms with Gasteiger partial charge in [0.1, 0.15) is 5.58 Å². The Morgan fingerprint density at radius 2 is 2.00 bits per heavy atom. The lowest BCUT2D eigenvalue weighted by Gasteiger charge is -2.06. The lowest BCUT2D eigenvalue weighted by atomic mass is 10.1. The molecule has 0 bridgehead atoms. The zero-order valence-corrected chi connectivity index (χ0v) is 10.5. The molecular formula is C15H10O5. The van der Waals surface area contributed by atoms with E-state index in [0.717, 1.165) is 0 Å². The molecule has 0 fully saturated rings. The van der Waals surface area contributed by atoms with E-state index >= 15 is 0 Å². The topological polar surface area (TPSA) is 76.7 Å². The van der Waals surface area contributed by atoms with Gasteiger partial charge in [-0.3, -0.25) is 4.79 Å². The number of carboxylic acids is 1. The molecule has 1 N–H and O–H groups in total. The van der Waals surface area contributed by atoms with Gasteiger partial charge in [0, 0.05) is 0 Å². The second kappa shape index (κ2) is 4.38. The largest absolute Gasteiger partial charge is 0.493 e. The van der Waals surface area contributed by atoms with E-state index in [1.54, 1.807) is 18.2 Å². The van der Waals surface area contributed by atoms with Crippen LogP contribution in [0.4, 0.5) is 0 Å². The van der Waals surface area contributed by atoms with Crippen molar-refractivity contribution in [1.29, 1.82) is 0 Å². The van der Waals surface area contributed by atoms with E-state index < -0.39 is 5.97 Å². The normalized spacial score (nSPS) is 10.8. The second-order valence-corrected chi connectivity index (χ2v) is 4.28. The summed E-state index contributed by atoms with van der Waals surface area (Å²) in [6, 6.07) is 9.21. The van der Waals surface area contributed by atoms with Crippen LogP contribution in [0, 0.1) is 0 Å². The molecule has 100 valence electrons. The predicted octanol–water partition coefficient (Wildman–Crippen LogP) is 2.65. The highest BCUT2D eigenvalue weighted by atomic mass is 16.5. The summed E-state index contributed by atoms with van der Waals surface area (Å²) in [7, 11) is 1.48. The van der Waals surface area contributed by atoms with Crippen LogP contribution in [0.3, 0.4) is 0 Å². The SMILES string of the molecule is COc1cccc2c(=O)c3ccc(C(=O)O)cc3oc12. The van der Waals surface area contributed by atoms with E-state index in [1.807, 2.05) is 0 Å². The molecule has 0 spiro atoms. The molecule has 20 heavy (non-hydrogen) atoms. The quantitative estimate of drug-likeness (QED) is 0.724. The summed E-state index contributed by atoms with van der Waals surface area (Å²) in [5.41, 5.74) is 0.397. The number of methoxy groups -OCH3 is 1. The molecule has 0 aliphatic rings. The molecule has 3 aromatic rings. The maximum absolute atomic E-state index is 12.4. The molecule has 1 aromatic heterocycles. The van der Waals surface area contributed by atoms with E-state index in [-0.39, 0.29) is 16.6 Å². The number of carboxylic acid groups (broad SMARTS) is 1. The van der Waals surface area contributed by atoms with Gasteiger partial charge in [-0.15, -0.1) is 0 Å². The summed E-state index contributed by atoms with van der Waals surface area (Å²) in [6.07, 6.45) is 0. The van der Waals surface area contributed by atoms with E-state index in [2.05, 4.69) is 0 Å². The molecule has 0 amide bonds. The summed E-state index contributed by atoms with van der Waals surface area (Å²) < 4.78 is 10.8. The van der Waals surface area contributed by atoms with Crippen molar-refractivity contribution in [1.82, 2.24) is 0 Å². The maximum atomic E-state index is 12.4. The van der Waals surface area contributed by atoms with Gasteiger partial charge in [-0.25, -0.2) is 4.79 Å². The van der Waals surface area contributed by atoms with Gasteiger partial charge in [0.05, 0.1) is 23.4 Å². The molecule has 0 saturated heterocycles. The fourth-order valence-electron chi connectivity index (χ4n) is 2.14. The third-order valence-corrected chi connectivity index (χ3v) is 3.13. The number of hydrogen-bond acceptors (Lipinski definition) is 4. The highest BCUT2D eigenvalue weighted by Gasteiger charge is 2.13. The first-order valence-electron chi connectivity index (χ1n) is 5.88. The van der Waals surface area contributed by atoms with Crippen LogP contribution in [-0.4, -0.2) is 18.2 Å². The van der Waals surface area contributed by atoms with Crippen LogP contribution >= 0.6 is 0 Å². The summed E-state index contributed by atoms with van der Waals surface area (Å²) in [4.78, 5) is 23.3. The highest BCUT2D eigenvalue weighted by Crippen LogP contribution is 2.27. The van der Waals surface area contributed by atoms with Crippen molar-refractivity contribution in [2.75, 3.05) is 7.11 Å². The monoisotopic (exact) mass is 270 g/mol. The van der Waals surface area contributed by atoms with Crippen LogP contribution in [0.1, 0.15) is 10.4 Å². The van der Waals surface area contributed by atoms with E-state index in [1.165, 1.54) is 25.3 Å². The van der Waals surface area contributed by atoms with Crippen LogP contribution in [0.2, 0.25) is 0 Å². The molecule has 3 rings (SSSR count). The molecule has 1 heterocycles. The van der Waals surface area contributed by atoms with Gasteiger partial charge in [-0.2, -0.15) is 0 Å². The third kappa shape index (κ3) is 1.72. The summed E-state index contributed by atoms with van der Waals surface area (Å²) in [5.74, 6) is -0.642. The highest BCUT2D eigenvalue weighted by molar-refractivity contribution is 5.96. The molecule has 2 aromatic carbocycles. The number of rotatable bonds is 2. The van der Waals surface area contributed by atoms with Gasteiger partial charge in [0.25, 0.3) is 0 Å². The fourth-order valence-corrected chi connectivity index (χ4v) is 2.14. The van der Waals surface area contributed by atoms with E-state index in [0.29, 0.717) is 22.1 Å². The van der Waals surface area contributed by atoms with Gasteiger partial charge in [0.15, 0.2) is 11.3 Å². The lowest BCUT2D eigenvalue weighted by molar-refractivity contribution is 0.0697. The summed E-state index contributed by atoms with van der Waals surface area (Å²) >= 11 is 0. The summed E-state index contributed by atoms with van der Waals surface area (Å²) in [6.45, 7) is 0. The van der Waals surface area contributed by atoms with Gasteiger partial charge >= 0.3 is 5.97 Å². The molecule has 5 heteroatoms. The van der Waals surface area contributed by atoms with Crippen molar-refractivity contribution >= 4 is 27.9 Å². The Labute approximate surface area is 113 Å². The van der Waals surface area contributed by atoms with E-state index in [4.69, 9.17) is 14.3 Å². The van der Waals surface area contributed by atoms with Crippen LogP contribution < -0.4 is 10.2 Å². The number of benzene rings is 2. The molecule has 0 saturated carbocycles. The smallest absolute Gasteiger partial charge is 0.335 e. The molecule has 0 unspecified atom stereocenters. The van der Waals surface area contributed by atoms with Crippen molar-refractivity contribution in [2.45, 2.75) is 0 Å². The van der Waals surface area contributed by atoms with Crippen molar-refractivity contribution < 1.29 is 19.1 Å². The van der Waals surface area contributed by atoms with E-state index in [9.17, 15) is 9.59 Å². The number of hydrogen-bond donors (Lipinski definition) is 1. The van der Waals surface area contributed by atoms with Gasteiger partial charge < -0.3 is 14.3 Å². The number of carbonyl (C=O) groups is 1. The standard InChI is InChI=1S/C15H10O5/c1-19-11-4-2-3-10-13(16)9-6-5-8(15(17)18)7-12(9)20-14(10)11/h2-7H,1H3,(H,17,18). The molecule has 0 radical (unpaired) electrons. The molecule has 0 aliphatic carbocycles. The minimum atomic E-state index is -1.07.